The standard InChI is InChI=1S/C25H22N2O3/c1-16-9-18(10-17(2)24(16)28)7-8-20-12-21(11-19-5-3-4-6-23(19)20)25(29)30-22-13-26-15-27-14-22/h3-6,9-15,28H,7-8H2,1-2H3. The van der Waals surface area contributed by atoms with Gasteiger partial charge in [0, 0.05) is 0 Å². The van der Waals surface area contributed by atoms with Crippen molar-refractivity contribution in [3.05, 3.63) is 95.1 Å². The number of benzene rings is 3. The monoisotopic (exact) mass is 398 g/mol. The zero-order valence-corrected chi connectivity index (χ0v) is 16.9. The molecular weight excluding hydrogens is 376 g/mol. The van der Waals surface area contributed by atoms with Crippen molar-refractivity contribution in [2.75, 3.05) is 0 Å². The number of phenolic OH excluding ortho intramolecular Hbond substituents is 1. The first-order valence-corrected chi connectivity index (χ1v) is 9.79. The van der Waals surface area contributed by atoms with E-state index in [0.29, 0.717) is 17.1 Å². The predicted octanol–water partition coefficient (Wildman–Crippen LogP) is 4.96. The lowest BCUT2D eigenvalue weighted by molar-refractivity contribution is 0.0733. The Morgan fingerprint density at radius 3 is 2.40 bits per heavy atom. The first-order chi connectivity index (χ1) is 14.5. The Morgan fingerprint density at radius 2 is 1.67 bits per heavy atom. The molecule has 0 aliphatic heterocycles. The molecule has 5 heteroatoms. The average molecular weight is 398 g/mol. The molecule has 0 aliphatic carbocycles. The lowest BCUT2D eigenvalue weighted by Gasteiger charge is -2.12. The highest BCUT2D eigenvalue weighted by atomic mass is 16.5. The largest absolute Gasteiger partial charge is 0.507 e. The van der Waals surface area contributed by atoms with E-state index in [2.05, 4.69) is 16.0 Å². The second-order valence-corrected chi connectivity index (χ2v) is 7.40. The Hall–Kier alpha value is -3.73. The van der Waals surface area contributed by atoms with Crippen LogP contribution >= 0.6 is 0 Å². The molecule has 0 fully saturated rings. The summed E-state index contributed by atoms with van der Waals surface area (Å²) in [6.07, 6.45) is 5.87. The van der Waals surface area contributed by atoms with Gasteiger partial charge in [-0.1, -0.05) is 36.4 Å². The number of carbonyl (C=O) groups excluding carboxylic acids is 1. The third kappa shape index (κ3) is 4.15. The molecule has 0 spiro atoms. The third-order valence-electron chi connectivity index (χ3n) is 5.16. The van der Waals surface area contributed by atoms with Gasteiger partial charge in [-0.25, -0.2) is 14.8 Å². The molecule has 1 heterocycles. The van der Waals surface area contributed by atoms with Crippen molar-refractivity contribution in [1.82, 2.24) is 9.97 Å². The minimum Gasteiger partial charge on any atom is -0.507 e. The van der Waals surface area contributed by atoms with Gasteiger partial charge in [0.1, 0.15) is 12.1 Å². The van der Waals surface area contributed by atoms with E-state index >= 15 is 0 Å². The summed E-state index contributed by atoms with van der Waals surface area (Å²) in [5, 5.41) is 12.1. The van der Waals surface area contributed by atoms with Crippen LogP contribution in [-0.4, -0.2) is 21.0 Å². The van der Waals surface area contributed by atoms with Crippen molar-refractivity contribution >= 4 is 16.7 Å². The van der Waals surface area contributed by atoms with Crippen LogP contribution in [0.15, 0.2) is 67.3 Å². The molecule has 1 N–H and O–H groups in total. The first-order valence-electron chi connectivity index (χ1n) is 9.79. The normalized spacial score (nSPS) is 10.9. The molecule has 0 radical (unpaired) electrons. The number of rotatable bonds is 5. The minimum atomic E-state index is -0.437. The molecule has 0 amide bonds. The maximum absolute atomic E-state index is 12.7. The maximum atomic E-state index is 12.7. The van der Waals surface area contributed by atoms with Crippen molar-refractivity contribution in [2.45, 2.75) is 26.7 Å². The van der Waals surface area contributed by atoms with Crippen LogP contribution in [0.5, 0.6) is 11.5 Å². The summed E-state index contributed by atoms with van der Waals surface area (Å²) in [6.45, 7) is 3.82. The maximum Gasteiger partial charge on any atom is 0.343 e. The van der Waals surface area contributed by atoms with Gasteiger partial charge in [-0.05, 0) is 71.8 Å². The van der Waals surface area contributed by atoms with E-state index in [1.807, 2.05) is 56.3 Å². The molecule has 1 aromatic heterocycles. The quantitative estimate of drug-likeness (QED) is 0.481. The summed E-state index contributed by atoms with van der Waals surface area (Å²) in [5.74, 6) is 0.221. The number of fused-ring (bicyclic) bond motifs is 1. The summed E-state index contributed by atoms with van der Waals surface area (Å²) in [6, 6.07) is 15.8. The number of carbonyl (C=O) groups is 1. The van der Waals surface area contributed by atoms with E-state index in [9.17, 15) is 9.90 Å². The minimum absolute atomic E-state index is 0.312. The summed E-state index contributed by atoms with van der Waals surface area (Å²) >= 11 is 0. The van der Waals surface area contributed by atoms with Crippen LogP contribution in [0.4, 0.5) is 0 Å². The number of ether oxygens (including phenoxy) is 1. The Balaban J connectivity index is 1.64. The zero-order valence-electron chi connectivity index (χ0n) is 16.9. The number of aromatic nitrogens is 2. The molecule has 30 heavy (non-hydrogen) atoms. The first kappa shape index (κ1) is 19.6. The van der Waals surface area contributed by atoms with Gasteiger partial charge in [-0.2, -0.15) is 0 Å². The molecule has 3 aromatic carbocycles. The number of esters is 1. The Labute approximate surface area is 175 Å². The topological polar surface area (TPSA) is 72.3 Å². The van der Waals surface area contributed by atoms with Crippen molar-refractivity contribution in [2.24, 2.45) is 0 Å². The highest BCUT2D eigenvalue weighted by Gasteiger charge is 2.13. The number of nitrogens with zero attached hydrogens (tertiary/aromatic N) is 2. The van der Waals surface area contributed by atoms with Crippen molar-refractivity contribution in [1.29, 1.82) is 0 Å². The average Bonchev–Trinajstić information content (AvgIpc) is 2.76. The van der Waals surface area contributed by atoms with Gasteiger partial charge in [0.05, 0.1) is 18.0 Å². The zero-order chi connectivity index (χ0) is 21.1. The van der Waals surface area contributed by atoms with Gasteiger partial charge in [0.15, 0.2) is 5.75 Å². The fraction of sp³-hybridized carbons (Fsp3) is 0.160. The highest BCUT2D eigenvalue weighted by molar-refractivity contribution is 5.97. The van der Waals surface area contributed by atoms with Crippen molar-refractivity contribution < 1.29 is 14.6 Å². The van der Waals surface area contributed by atoms with Crippen molar-refractivity contribution in [3.8, 4) is 11.5 Å². The molecule has 0 atom stereocenters. The lowest BCUT2D eigenvalue weighted by atomic mass is 9.95. The van der Waals surface area contributed by atoms with Gasteiger partial charge in [0.25, 0.3) is 0 Å². The van der Waals surface area contributed by atoms with Gasteiger partial charge >= 0.3 is 5.97 Å². The van der Waals surface area contributed by atoms with Crippen LogP contribution < -0.4 is 4.74 Å². The molecule has 0 aliphatic rings. The third-order valence-corrected chi connectivity index (χ3v) is 5.16. The van der Waals surface area contributed by atoms with Gasteiger partial charge in [-0.15, -0.1) is 0 Å². The second kappa shape index (κ2) is 8.33. The fourth-order valence-corrected chi connectivity index (χ4v) is 3.69. The van der Waals surface area contributed by atoms with E-state index in [1.165, 1.54) is 18.7 Å². The SMILES string of the molecule is Cc1cc(CCc2cc(C(=O)Oc3cncnc3)cc3ccccc23)cc(C)c1O. The second-order valence-electron chi connectivity index (χ2n) is 7.40. The highest BCUT2D eigenvalue weighted by Crippen LogP contribution is 2.26. The van der Waals surface area contributed by atoms with E-state index in [1.54, 1.807) is 0 Å². The molecule has 4 rings (SSSR count). The summed E-state index contributed by atoms with van der Waals surface area (Å²) < 4.78 is 5.42. The number of hydrogen-bond donors (Lipinski definition) is 1. The van der Waals surface area contributed by atoms with E-state index in [4.69, 9.17) is 4.74 Å². The van der Waals surface area contributed by atoms with Crippen molar-refractivity contribution in [3.63, 3.8) is 0 Å². The van der Waals surface area contributed by atoms with E-state index in [0.717, 1.165) is 45.9 Å². The molecule has 5 nitrogen and oxygen atoms in total. The molecule has 0 bridgehead atoms. The Morgan fingerprint density at radius 1 is 0.967 bits per heavy atom. The molecule has 4 aromatic rings. The Kier molecular flexibility index (Phi) is 5.44. The van der Waals surface area contributed by atoms with Crippen LogP contribution in [0.3, 0.4) is 0 Å². The van der Waals surface area contributed by atoms with Crippen LogP contribution in [0.2, 0.25) is 0 Å². The number of phenols is 1. The molecule has 0 unspecified atom stereocenters. The van der Waals surface area contributed by atoms with Crippen LogP contribution in [0.25, 0.3) is 10.8 Å². The molecule has 0 saturated heterocycles. The van der Waals surface area contributed by atoms with Crippen LogP contribution in [0.1, 0.15) is 32.6 Å². The molecular formula is C25H22N2O3. The summed E-state index contributed by atoms with van der Waals surface area (Å²) in [4.78, 5) is 20.5. The van der Waals surface area contributed by atoms with Crippen LogP contribution in [-0.2, 0) is 12.8 Å². The van der Waals surface area contributed by atoms with Gasteiger partial charge in [0.2, 0.25) is 0 Å². The van der Waals surface area contributed by atoms with E-state index in [-0.39, 0.29) is 0 Å². The van der Waals surface area contributed by atoms with Gasteiger partial charge in [-0.3, -0.25) is 0 Å². The molecule has 0 saturated carbocycles. The lowest BCUT2D eigenvalue weighted by Crippen LogP contribution is -2.10. The molecule has 150 valence electrons. The Bertz CT molecular complexity index is 1200. The van der Waals surface area contributed by atoms with E-state index < -0.39 is 5.97 Å². The van der Waals surface area contributed by atoms with Crippen LogP contribution in [0, 0.1) is 13.8 Å². The number of hydrogen-bond acceptors (Lipinski definition) is 5. The number of aryl methyl sites for hydroxylation is 4. The van der Waals surface area contributed by atoms with Gasteiger partial charge < -0.3 is 9.84 Å². The predicted molar refractivity (Wildman–Crippen MR) is 116 cm³/mol. The summed E-state index contributed by atoms with van der Waals surface area (Å²) in [5.41, 5.74) is 4.47. The smallest absolute Gasteiger partial charge is 0.343 e. The summed E-state index contributed by atoms with van der Waals surface area (Å²) in [7, 11) is 0. The fourth-order valence-electron chi connectivity index (χ4n) is 3.69. The number of aromatic hydroxyl groups is 1.